The van der Waals surface area contributed by atoms with Gasteiger partial charge in [0.05, 0.1) is 35.7 Å². The maximum absolute atomic E-state index is 2.60. The van der Waals surface area contributed by atoms with Crippen molar-refractivity contribution in [3.8, 4) is 11.4 Å². The molecular weight excluding hydrogens is 543 g/mol. The predicted octanol–water partition coefficient (Wildman–Crippen LogP) is 8.68. The van der Waals surface area contributed by atoms with Crippen molar-refractivity contribution < 1.29 is 0 Å². The van der Waals surface area contributed by atoms with E-state index < -0.39 is 8.07 Å². The summed E-state index contributed by atoms with van der Waals surface area (Å²) in [5, 5.41) is 3.92. The molecule has 0 aliphatic rings. The van der Waals surface area contributed by atoms with Crippen LogP contribution in [0, 0.1) is 0 Å². The Balaban J connectivity index is 1.41. The smallest absolute Gasteiger partial charge is 0.125 e. The predicted molar refractivity (Wildman–Crippen MR) is 181 cm³/mol. The lowest BCUT2D eigenvalue weighted by Gasteiger charge is -2.22. The molecule has 0 saturated heterocycles. The van der Waals surface area contributed by atoms with E-state index in [0.29, 0.717) is 0 Å². The highest BCUT2D eigenvalue weighted by atomic mass is 31.1. The molecule has 0 unspecified atom stereocenters. The van der Waals surface area contributed by atoms with Crippen molar-refractivity contribution in [2.24, 2.45) is 0 Å². The summed E-state index contributed by atoms with van der Waals surface area (Å²) >= 11 is 0. The summed E-state index contributed by atoms with van der Waals surface area (Å²) in [6.07, 6.45) is 4.19. The van der Waals surface area contributed by atoms with E-state index in [4.69, 9.17) is 0 Å². The number of fused-ring (bicyclic) bond motifs is 7. The number of nitrogens with zero attached hydrogens (tertiary/aromatic N) is 4. The topological polar surface area (TPSA) is 19.2 Å². The van der Waals surface area contributed by atoms with Gasteiger partial charge in [-0.15, -0.1) is 0 Å². The number of benzene rings is 5. The van der Waals surface area contributed by atoms with Crippen molar-refractivity contribution in [1.82, 2.24) is 17.9 Å². The van der Waals surface area contributed by atoms with Crippen LogP contribution >= 0.6 is 8.07 Å². The zero-order valence-corrected chi connectivity index (χ0v) is 24.2. The summed E-state index contributed by atoms with van der Waals surface area (Å²) in [7, 11) is -0.873. The Morgan fingerprint density at radius 2 is 1.05 bits per heavy atom. The zero-order valence-electron chi connectivity index (χ0n) is 23.3. The van der Waals surface area contributed by atoms with Gasteiger partial charge < -0.3 is 8.90 Å². The van der Waals surface area contributed by atoms with Gasteiger partial charge in [0.15, 0.2) is 0 Å². The first-order chi connectivity index (χ1) is 21.4. The minimum atomic E-state index is -0.873. The van der Waals surface area contributed by atoms with Gasteiger partial charge in [-0.05, 0) is 48.5 Å². The number of imidazole rings is 1. The van der Waals surface area contributed by atoms with E-state index in [9.17, 15) is 0 Å². The van der Waals surface area contributed by atoms with Crippen LogP contribution in [0.15, 0.2) is 164 Å². The van der Waals surface area contributed by atoms with E-state index in [-0.39, 0.29) is 0 Å². The molecule has 0 bridgehead atoms. The molecule has 0 aliphatic carbocycles. The number of rotatable bonds is 5. The fourth-order valence-electron chi connectivity index (χ4n) is 6.57. The molecule has 204 valence electrons. The van der Waals surface area contributed by atoms with E-state index in [2.05, 4.69) is 182 Å². The molecule has 43 heavy (non-hydrogen) atoms. The number of hydrogen-bond acceptors (Lipinski definition) is 0. The van der Waals surface area contributed by atoms with Crippen molar-refractivity contribution >= 4 is 57.3 Å². The normalized spacial score (nSPS) is 11.9. The molecule has 9 aromatic rings. The Morgan fingerprint density at radius 3 is 1.77 bits per heavy atom. The highest BCUT2D eigenvalue weighted by molar-refractivity contribution is 7.72. The summed E-state index contributed by atoms with van der Waals surface area (Å²) in [5.41, 5.74) is 9.58. The number of para-hydroxylation sites is 3. The van der Waals surface area contributed by atoms with Crippen LogP contribution in [0.3, 0.4) is 0 Å². The first-order valence-corrected chi connectivity index (χ1v) is 15.8. The average molecular weight is 571 g/mol. The lowest BCUT2D eigenvalue weighted by molar-refractivity contribution is 1.06. The van der Waals surface area contributed by atoms with Crippen molar-refractivity contribution in [3.63, 3.8) is 0 Å². The molecule has 9 rings (SSSR count). The van der Waals surface area contributed by atoms with Gasteiger partial charge in [0, 0.05) is 45.8 Å². The van der Waals surface area contributed by atoms with Gasteiger partial charge in [-0.3, -0.25) is 8.97 Å². The summed E-state index contributed by atoms with van der Waals surface area (Å²) in [4.78, 5) is 0. The molecule has 4 heterocycles. The van der Waals surface area contributed by atoms with Crippen molar-refractivity contribution in [2.45, 2.75) is 0 Å². The Kier molecular flexibility index (Phi) is 5.44. The standard InChI is InChI=1S/C38H27N4P/c1-3-16-30(17-4-1)43(31-18-5-2-6-19-31)42-33-21-8-7-20-32(33)38-36(42)27-37-40(34-22-9-10-23-35(34)41(37)38)29-15-13-14-28(26-29)39-24-11-12-25-39/h1-27H. The third kappa shape index (κ3) is 3.67. The van der Waals surface area contributed by atoms with Crippen LogP contribution in [0.2, 0.25) is 0 Å². The SMILES string of the molecule is c1ccc(P(c2ccccc2)n2c3ccccc3c3c2cc2n(-c4cccc(-n5cccc5)c4)c4ccccc4n32)cc1. The molecule has 5 heteroatoms. The quantitative estimate of drug-likeness (QED) is 0.185. The van der Waals surface area contributed by atoms with Gasteiger partial charge in [0.2, 0.25) is 0 Å². The van der Waals surface area contributed by atoms with Gasteiger partial charge in [-0.2, -0.15) is 0 Å². The van der Waals surface area contributed by atoms with Crippen LogP contribution in [-0.4, -0.2) is 17.9 Å². The van der Waals surface area contributed by atoms with Gasteiger partial charge in [0.1, 0.15) is 5.65 Å². The van der Waals surface area contributed by atoms with Gasteiger partial charge in [-0.1, -0.05) is 97.1 Å². The monoisotopic (exact) mass is 570 g/mol. The second-order valence-corrected chi connectivity index (χ2v) is 12.9. The van der Waals surface area contributed by atoms with Gasteiger partial charge in [-0.25, -0.2) is 0 Å². The van der Waals surface area contributed by atoms with Crippen LogP contribution in [0.25, 0.3) is 50.0 Å². The minimum Gasteiger partial charge on any atom is -0.324 e. The van der Waals surface area contributed by atoms with Crippen LogP contribution < -0.4 is 10.6 Å². The fraction of sp³-hybridized carbons (Fsp3) is 0. The molecular formula is C38H27N4P. The van der Waals surface area contributed by atoms with Crippen LogP contribution in [0.5, 0.6) is 0 Å². The molecule has 4 nitrogen and oxygen atoms in total. The van der Waals surface area contributed by atoms with Crippen LogP contribution in [-0.2, 0) is 0 Å². The summed E-state index contributed by atoms with van der Waals surface area (Å²) in [6, 6.07) is 54.9. The summed E-state index contributed by atoms with van der Waals surface area (Å²) in [5.74, 6) is 0. The third-order valence-electron chi connectivity index (χ3n) is 8.36. The number of hydrogen-bond donors (Lipinski definition) is 0. The first-order valence-electron chi connectivity index (χ1n) is 14.6. The molecule has 4 aromatic heterocycles. The fourth-order valence-corrected chi connectivity index (χ4v) is 9.00. The van der Waals surface area contributed by atoms with Crippen molar-refractivity contribution in [2.75, 3.05) is 0 Å². The lowest BCUT2D eigenvalue weighted by atomic mass is 10.2. The van der Waals surface area contributed by atoms with E-state index in [1.165, 1.54) is 43.6 Å². The average Bonchev–Trinajstić information content (AvgIpc) is 3.85. The molecule has 5 aromatic carbocycles. The largest absolute Gasteiger partial charge is 0.324 e. The van der Waals surface area contributed by atoms with Crippen molar-refractivity contribution in [1.29, 1.82) is 0 Å². The Morgan fingerprint density at radius 1 is 0.442 bits per heavy atom. The van der Waals surface area contributed by atoms with Gasteiger partial charge >= 0.3 is 0 Å². The minimum absolute atomic E-state index is 0.873. The maximum Gasteiger partial charge on any atom is 0.125 e. The Hall–Kier alpha value is -5.31. The van der Waals surface area contributed by atoms with Crippen LogP contribution in [0.1, 0.15) is 0 Å². The van der Waals surface area contributed by atoms with E-state index in [1.807, 2.05) is 0 Å². The number of aromatic nitrogens is 4. The molecule has 0 fully saturated rings. The third-order valence-corrected chi connectivity index (χ3v) is 10.8. The lowest BCUT2D eigenvalue weighted by Crippen LogP contribution is -2.16. The maximum atomic E-state index is 2.60. The molecule has 0 spiro atoms. The molecule has 0 radical (unpaired) electrons. The van der Waals surface area contributed by atoms with E-state index in [1.54, 1.807) is 0 Å². The second kappa shape index (κ2) is 9.62. The Labute approximate surface area is 250 Å². The summed E-state index contributed by atoms with van der Waals surface area (Å²) in [6.45, 7) is 0. The molecule has 0 saturated carbocycles. The van der Waals surface area contributed by atoms with Crippen molar-refractivity contribution in [3.05, 3.63) is 164 Å². The Bertz CT molecular complexity index is 2350. The summed E-state index contributed by atoms with van der Waals surface area (Å²) < 4.78 is 9.65. The highest BCUT2D eigenvalue weighted by Gasteiger charge is 2.26. The van der Waals surface area contributed by atoms with Crippen LogP contribution in [0.4, 0.5) is 0 Å². The molecule has 0 aliphatic heterocycles. The highest BCUT2D eigenvalue weighted by Crippen LogP contribution is 2.46. The van der Waals surface area contributed by atoms with Gasteiger partial charge in [0.25, 0.3) is 0 Å². The van der Waals surface area contributed by atoms with E-state index >= 15 is 0 Å². The molecule has 0 N–H and O–H groups in total. The second-order valence-electron chi connectivity index (χ2n) is 10.8. The zero-order chi connectivity index (χ0) is 28.3. The molecule has 0 atom stereocenters. The first kappa shape index (κ1) is 24.3. The van der Waals surface area contributed by atoms with E-state index in [0.717, 1.165) is 17.0 Å². The molecule has 0 amide bonds.